The van der Waals surface area contributed by atoms with Gasteiger partial charge in [-0.3, -0.25) is 9.59 Å². The number of nitrogens with zero attached hydrogens (tertiary/aromatic N) is 1. The molecule has 1 aliphatic heterocycles. The second-order valence-electron chi connectivity index (χ2n) is 6.27. The summed E-state index contributed by atoms with van der Waals surface area (Å²) < 4.78 is 5.20. The number of methoxy groups -OCH3 is 1. The number of benzene rings is 1. The number of carbonyl (C=O) groups excluding carboxylic acids is 2. The van der Waals surface area contributed by atoms with Crippen LogP contribution in [0.4, 0.5) is 0 Å². The van der Waals surface area contributed by atoms with Crippen LogP contribution in [0.2, 0.25) is 0 Å². The minimum Gasteiger partial charge on any atom is -0.497 e. The van der Waals surface area contributed by atoms with E-state index in [1.807, 2.05) is 38.1 Å². The molecule has 0 aromatic heterocycles. The van der Waals surface area contributed by atoms with E-state index in [2.05, 4.69) is 5.32 Å². The predicted octanol–water partition coefficient (Wildman–Crippen LogP) is 2.00. The van der Waals surface area contributed by atoms with Crippen LogP contribution in [0.1, 0.15) is 32.3 Å². The van der Waals surface area contributed by atoms with Crippen molar-refractivity contribution in [1.29, 1.82) is 0 Å². The summed E-state index contributed by atoms with van der Waals surface area (Å²) in [6.07, 6.45) is 2.14. The zero-order valence-electron chi connectivity index (χ0n) is 14.2. The Hall–Kier alpha value is -2.04. The van der Waals surface area contributed by atoms with Crippen LogP contribution in [0.5, 0.6) is 5.75 Å². The van der Waals surface area contributed by atoms with Gasteiger partial charge in [0.2, 0.25) is 11.8 Å². The fourth-order valence-corrected chi connectivity index (χ4v) is 3.03. The van der Waals surface area contributed by atoms with Gasteiger partial charge in [-0.15, -0.1) is 0 Å². The van der Waals surface area contributed by atoms with Crippen LogP contribution in [0.15, 0.2) is 24.3 Å². The molecule has 1 N–H and O–H groups in total. The van der Waals surface area contributed by atoms with Crippen molar-refractivity contribution in [1.82, 2.24) is 10.2 Å². The molecular weight excluding hydrogens is 292 g/mol. The minimum atomic E-state index is -0.365. The monoisotopic (exact) mass is 318 g/mol. The third-order valence-electron chi connectivity index (χ3n) is 4.19. The van der Waals surface area contributed by atoms with Gasteiger partial charge >= 0.3 is 0 Å². The molecule has 1 atom stereocenters. The minimum absolute atomic E-state index is 0.0573. The quantitative estimate of drug-likeness (QED) is 0.836. The number of hydrogen-bond acceptors (Lipinski definition) is 3. The lowest BCUT2D eigenvalue weighted by Crippen LogP contribution is -2.50. The van der Waals surface area contributed by atoms with Gasteiger partial charge in [0.05, 0.1) is 7.11 Å². The van der Waals surface area contributed by atoms with Gasteiger partial charge in [0, 0.05) is 19.5 Å². The van der Waals surface area contributed by atoms with E-state index in [1.54, 1.807) is 12.0 Å². The maximum absolute atomic E-state index is 12.5. The van der Waals surface area contributed by atoms with Crippen LogP contribution in [0.3, 0.4) is 0 Å². The number of nitrogens with one attached hydrogen (secondary N) is 1. The summed E-state index contributed by atoms with van der Waals surface area (Å²) in [6, 6.07) is 7.45. The standard InChI is InChI=1S/C18H26N2O3/c1-13(2)17(20-11-5-8-16(20)21)18(22)19-10-9-14-6-4-7-15(12-14)23-3/h4,6-7,12-13,17H,5,8-11H2,1-3H3,(H,19,22)/t17-/m1/s1. The maximum atomic E-state index is 12.5. The summed E-state index contributed by atoms with van der Waals surface area (Å²) in [4.78, 5) is 26.2. The highest BCUT2D eigenvalue weighted by atomic mass is 16.5. The second kappa shape index (κ2) is 7.99. The number of hydrogen-bond donors (Lipinski definition) is 1. The van der Waals surface area contributed by atoms with Crippen molar-refractivity contribution in [2.75, 3.05) is 20.2 Å². The zero-order valence-corrected chi connectivity index (χ0v) is 14.2. The Morgan fingerprint density at radius 1 is 1.39 bits per heavy atom. The van der Waals surface area contributed by atoms with E-state index < -0.39 is 0 Å². The van der Waals surface area contributed by atoms with E-state index in [1.165, 1.54) is 0 Å². The molecule has 126 valence electrons. The number of rotatable bonds is 7. The highest BCUT2D eigenvalue weighted by Gasteiger charge is 2.34. The van der Waals surface area contributed by atoms with Crippen molar-refractivity contribution < 1.29 is 14.3 Å². The van der Waals surface area contributed by atoms with Gasteiger partial charge in [-0.1, -0.05) is 26.0 Å². The number of amides is 2. The Kier molecular flexibility index (Phi) is 6.02. The summed E-state index contributed by atoms with van der Waals surface area (Å²) in [6.45, 7) is 5.21. The molecule has 2 amide bonds. The summed E-state index contributed by atoms with van der Waals surface area (Å²) in [5.41, 5.74) is 1.11. The highest BCUT2D eigenvalue weighted by molar-refractivity contribution is 5.88. The molecule has 0 unspecified atom stereocenters. The van der Waals surface area contributed by atoms with Crippen molar-refractivity contribution in [3.8, 4) is 5.75 Å². The molecule has 23 heavy (non-hydrogen) atoms. The molecule has 1 aromatic carbocycles. The van der Waals surface area contributed by atoms with E-state index in [0.29, 0.717) is 19.5 Å². The first-order valence-corrected chi connectivity index (χ1v) is 8.23. The van der Waals surface area contributed by atoms with Crippen LogP contribution < -0.4 is 10.1 Å². The average molecular weight is 318 g/mol. The second-order valence-corrected chi connectivity index (χ2v) is 6.27. The first-order chi connectivity index (χ1) is 11.0. The van der Waals surface area contributed by atoms with Gasteiger partial charge in [-0.05, 0) is 36.5 Å². The third kappa shape index (κ3) is 4.47. The Bertz CT molecular complexity index is 557. The van der Waals surface area contributed by atoms with Crippen molar-refractivity contribution >= 4 is 11.8 Å². The Morgan fingerprint density at radius 3 is 2.78 bits per heavy atom. The normalized spacial score (nSPS) is 15.8. The van der Waals surface area contributed by atoms with Crippen molar-refractivity contribution in [3.63, 3.8) is 0 Å². The zero-order chi connectivity index (χ0) is 16.8. The molecule has 0 spiro atoms. The molecule has 0 radical (unpaired) electrons. The smallest absolute Gasteiger partial charge is 0.243 e. The van der Waals surface area contributed by atoms with Gasteiger partial charge in [0.25, 0.3) is 0 Å². The first kappa shape index (κ1) is 17.3. The van der Waals surface area contributed by atoms with Gasteiger partial charge in [0.1, 0.15) is 11.8 Å². The number of carbonyl (C=O) groups is 2. The van der Waals surface area contributed by atoms with Crippen LogP contribution in [0.25, 0.3) is 0 Å². The average Bonchev–Trinajstić information content (AvgIpc) is 2.93. The molecular formula is C18H26N2O3. The molecule has 5 heteroatoms. The maximum Gasteiger partial charge on any atom is 0.243 e. The van der Waals surface area contributed by atoms with Gasteiger partial charge < -0.3 is 15.0 Å². The fourth-order valence-electron chi connectivity index (χ4n) is 3.03. The summed E-state index contributed by atoms with van der Waals surface area (Å²) in [5, 5.41) is 2.97. The van der Waals surface area contributed by atoms with E-state index in [4.69, 9.17) is 4.74 Å². The molecule has 0 bridgehead atoms. The van der Waals surface area contributed by atoms with Crippen molar-refractivity contribution in [2.24, 2.45) is 5.92 Å². The SMILES string of the molecule is COc1cccc(CCNC(=O)[C@@H](C(C)C)N2CCCC2=O)c1. The highest BCUT2D eigenvalue weighted by Crippen LogP contribution is 2.19. The summed E-state index contributed by atoms with van der Waals surface area (Å²) in [7, 11) is 1.64. The topological polar surface area (TPSA) is 58.6 Å². The molecule has 5 nitrogen and oxygen atoms in total. The Labute approximate surface area is 138 Å². The van der Waals surface area contributed by atoms with Crippen LogP contribution in [-0.4, -0.2) is 43.0 Å². The summed E-state index contributed by atoms with van der Waals surface area (Å²) in [5.74, 6) is 0.954. The third-order valence-corrected chi connectivity index (χ3v) is 4.19. The van der Waals surface area contributed by atoms with Gasteiger partial charge in [0.15, 0.2) is 0 Å². The first-order valence-electron chi connectivity index (χ1n) is 8.23. The Balaban J connectivity index is 1.90. The van der Waals surface area contributed by atoms with Crippen molar-refractivity contribution in [2.45, 2.75) is 39.2 Å². The van der Waals surface area contributed by atoms with Gasteiger partial charge in [-0.2, -0.15) is 0 Å². The van der Waals surface area contributed by atoms with E-state index in [-0.39, 0.29) is 23.8 Å². The lowest BCUT2D eigenvalue weighted by Gasteiger charge is -2.29. The van der Waals surface area contributed by atoms with E-state index in [0.717, 1.165) is 24.2 Å². The molecule has 1 aliphatic rings. The Morgan fingerprint density at radius 2 is 2.17 bits per heavy atom. The lowest BCUT2D eigenvalue weighted by atomic mass is 10.0. The van der Waals surface area contributed by atoms with E-state index in [9.17, 15) is 9.59 Å². The molecule has 2 rings (SSSR count). The molecule has 1 aromatic rings. The van der Waals surface area contributed by atoms with Crippen LogP contribution in [0, 0.1) is 5.92 Å². The molecule has 1 saturated heterocycles. The van der Waals surface area contributed by atoms with Gasteiger partial charge in [-0.25, -0.2) is 0 Å². The van der Waals surface area contributed by atoms with Crippen molar-refractivity contribution in [3.05, 3.63) is 29.8 Å². The number of likely N-dealkylation sites (tertiary alicyclic amines) is 1. The largest absolute Gasteiger partial charge is 0.497 e. The van der Waals surface area contributed by atoms with Crippen LogP contribution in [-0.2, 0) is 16.0 Å². The predicted molar refractivity (Wildman–Crippen MR) is 89.3 cm³/mol. The summed E-state index contributed by atoms with van der Waals surface area (Å²) >= 11 is 0. The fraction of sp³-hybridized carbons (Fsp3) is 0.556. The van der Waals surface area contributed by atoms with Crippen LogP contribution >= 0.6 is 0 Å². The molecule has 0 saturated carbocycles. The number of ether oxygens (including phenoxy) is 1. The molecule has 0 aliphatic carbocycles. The molecule has 1 heterocycles. The van der Waals surface area contributed by atoms with E-state index >= 15 is 0 Å². The molecule has 1 fully saturated rings. The lowest BCUT2D eigenvalue weighted by molar-refractivity contribution is -0.139.